The van der Waals surface area contributed by atoms with Gasteiger partial charge < -0.3 is 14.8 Å². The van der Waals surface area contributed by atoms with Gasteiger partial charge in [-0.3, -0.25) is 0 Å². The second-order valence-electron chi connectivity index (χ2n) is 4.27. The SMILES string of the molecule is CCNCCCCCCOc1ccccc1OC. The molecule has 1 aromatic carbocycles. The summed E-state index contributed by atoms with van der Waals surface area (Å²) in [5.74, 6) is 1.65. The maximum Gasteiger partial charge on any atom is 0.161 e. The Bertz CT molecular complexity index is 315. The van der Waals surface area contributed by atoms with Crippen LogP contribution in [0.4, 0.5) is 0 Å². The molecule has 0 amide bonds. The molecule has 0 aromatic heterocycles. The van der Waals surface area contributed by atoms with Crippen molar-refractivity contribution in [3.63, 3.8) is 0 Å². The van der Waals surface area contributed by atoms with Crippen LogP contribution in [0.25, 0.3) is 0 Å². The number of methoxy groups -OCH3 is 1. The molecule has 18 heavy (non-hydrogen) atoms. The van der Waals surface area contributed by atoms with Crippen LogP contribution >= 0.6 is 0 Å². The van der Waals surface area contributed by atoms with E-state index < -0.39 is 0 Å². The summed E-state index contributed by atoms with van der Waals surface area (Å²) in [6.07, 6.45) is 4.84. The maximum atomic E-state index is 5.72. The Hall–Kier alpha value is -1.22. The molecule has 0 aliphatic heterocycles. The number of rotatable bonds is 10. The van der Waals surface area contributed by atoms with E-state index in [4.69, 9.17) is 9.47 Å². The highest BCUT2D eigenvalue weighted by atomic mass is 16.5. The van der Waals surface area contributed by atoms with Gasteiger partial charge in [-0.15, -0.1) is 0 Å². The van der Waals surface area contributed by atoms with E-state index in [0.717, 1.165) is 37.6 Å². The highest BCUT2D eigenvalue weighted by Crippen LogP contribution is 2.25. The van der Waals surface area contributed by atoms with Crippen LogP contribution in [-0.2, 0) is 0 Å². The molecule has 1 aromatic rings. The van der Waals surface area contributed by atoms with Crippen molar-refractivity contribution in [3.05, 3.63) is 24.3 Å². The molecule has 3 heteroatoms. The zero-order chi connectivity index (χ0) is 13.1. The summed E-state index contributed by atoms with van der Waals surface area (Å²) in [6.45, 7) is 5.10. The van der Waals surface area contributed by atoms with Crippen LogP contribution in [0.15, 0.2) is 24.3 Å². The number of benzene rings is 1. The van der Waals surface area contributed by atoms with Gasteiger partial charge >= 0.3 is 0 Å². The molecule has 0 heterocycles. The van der Waals surface area contributed by atoms with E-state index in [2.05, 4.69) is 12.2 Å². The van der Waals surface area contributed by atoms with Gasteiger partial charge in [-0.25, -0.2) is 0 Å². The molecule has 0 unspecified atom stereocenters. The summed E-state index contributed by atoms with van der Waals surface area (Å²) in [6, 6.07) is 7.79. The van der Waals surface area contributed by atoms with Crippen molar-refractivity contribution in [3.8, 4) is 11.5 Å². The highest BCUT2D eigenvalue weighted by Gasteiger charge is 2.01. The van der Waals surface area contributed by atoms with Crippen LogP contribution in [0.1, 0.15) is 32.6 Å². The van der Waals surface area contributed by atoms with Crippen molar-refractivity contribution in [1.82, 2.24) is 5.32 Å². The van der Waals surface area contributed by atoms with Crippen molar-refractivity contribution in [2.45, 2.75) is 32.6 Å². The lowest BCUT2D eigenvalue weighted by Gasteiger charge is -2.10. The number of para-hydroxylation sites is 2. The minimum Gasteiger partial charge on any atom is -0.493 e. The lowest BCUT2D eigenvalue weighted by atomic mass is 10.2. The van der Waals surface area contributed by atoms with Crippen molar-refractivity contribution < 1.29 is 9.47 Å². The fourth-order valence-corrected chi connectivity index (χ4v) is 1.80. The van der Waals surface area contributed by atoms with E-state index in [1.165, 1.54) is 19.3 Å². The van der Waals surface area contributed by atoms with Crippen LogP contribution in [0, 0.1) is 0 Å². The van der Waals surface area contributed by atoms with Crippen LogP contribution in [0.5, 0.6) is 11.5 Å². The molecule has 0 bridgehead atoms. The molecule has 0 radical (unpaired) electrons. The quantitative estimate of drug-likeness (QED) is 0.648. The Labute approximate surface area is 110 Å². The number of unbranched alkanes of at least 4 members (excludes halogenated alkanes) is 3. The highest BCUT2D eigenvalue weighted by molar-refractivity contribution is 5.39. The lowest BCUT2D eigenvalue weighted by molar-refractivity contribution is 0.285. The summed E-state index contributed by atoms with van der Waals surface area (Å²) >= 11 is 0. The Morgan fingerprint density at radius 2 is 1.72 bits per heavy atom. The van der Waals surface area contributed by atoms with E-state index >= 15 is 0 Å². The van der Waals surface area contributed by atoms with Crippen LogP contribution in [0.3, 0.4) is 0 Å². The number of nitrogens with one attached hydrogen (secondary N) is 1. The Morgan fingerprint density at radius 1 is 1.00 bits per heavy atom. The van der Waals surface area contributed by atoms with Crippen molar-refractivity contribution in [2.75, 3.05) is 26.8 Å². The first kappa shape index (κ1) is 14.8. The Morgan fingerprint density at radius 3 is 2.44 bits per heavy atom. The second kappa shape index (κ2) is 9.77. The van der Waals surface area contributed by atoms with Gasteiger partial charge in [-0.2, -0.15) is 0 Å². The van der Waals surface area contributed by atoms with Crippen molar-refractivity contribution >= 4 is 0 Å². The van der Waals surface area contributed by atoms with Gasteiger partial charge in [0.15, 0.2) is 11.5 Å². The summed E-state index contributed by atoms with van der Waals surface area (Å²) < 4.78 is 10.9. The summed E-state index contributed by atoms with van der Waals surface area (Å²) in [5.41, 5.74) is 0. The van der Waals surface area contributed by atoms with Crippen LogP contribution < -0.4 is 14.8 Å². The first-order valence-corrected chi connectivity index (χ1v) is 6.85. The van der Waals surface area contributed by atoms with Gasteiger partial charge in [0.25, 0.3) is 0 Å². The van der Waals surface area contributed by atoms with E-state index in [1.54, 1.807) is 7.11 Å². The molecule has 1 rings (SSSR count). The summed E-state index contributed by atoms with van der Waals surface area (Å²) in [7, 11) is 1.67. The number of hydrogen-bond donors (Lipinski definition) is 1. The topological polar surface area (TPSA) is 30.5 Å². The molecular formula is C15H25NO2. The number of hydrogen-bond acceptors (Lipinski definition) is 3. The molecule has 0 fully saturated rings. The van der Waals surface area contributed by atoms with Crippen molar-refractivity contribution in [1.29, 1.82) is 0 Å². The van der Waals surface area contributed by atoms with Gasteiger partial charge in [0.05, 0.1) is 13.7 Å². The van der Waals surface area contributed by atoms with E-state index in [0.29, 0.717) is 0 Å². The van der Waals surface area contributed by atoms with Gasteiger partial charge in [-0.05, 0) is 38.1 Å². The lowest BCUT2D eigenvalue weighted by Crippen LogP contribution is -2.13. The van der Waals surface area contributed by atoms with E-state index in [9.17, 15) is 0 Å². The molecule has 0 spiro atoms. The molecule has 0 aliphatic carbocycles. The molecule has 102 valence electrons. The normalized spacial score (nSPS) is 10.3. The molecule has 0 saturated heterocycles. The Kier molecular flexibility index (Phi) is 8.06. The fraction of sp³-hybridized carbons (Fsp3) is 0.600. The van der Waals surface area contributed by atoms with Crippen molar-refractivity contribution in [2.24, 2.45) is 0 Å². The predicted octanol–water partition coefficient (Wildman–Crippen LogP) is 3.24. The molecule has 0 saturated carbocycles. The molecule has 3 nitrogen and oxygen atoms in total. The molecule has 1 N–H and O–H groups in total. The van der Waals surface area contributed by atoms with Crippen LogP contribution in [0.2, 0.25) is 0 Å². The smallest absolute Gasteiger partial charge is 0.161 e. The van der Waals surface area contributed by atoms with E-state index in [-0.39, 0.29) is 0 Å². The maximum absolute atomic E-state index is 5.72. The summed E-state index contributed by atoms with van der Waals surface area (Å²) in [4.78, 5) is 0. The standard InChI is InChI=1S/C15H25NO2/c1-3-16-12-8-4-5-9-13-18-15-11-7-6-10-14(15)17-2/h6-7,10-11,16H,3-5,8-9,12-13H2,1-2H3. The monoisotopic (exact) mass is 251 g/mol. The minimum atomic E-state index is 0.765. The summed E-state index contributed by atoms with van der Waals surface area (Å²) in [5, 5.41) is 3.33. The zero-order valence-electron chi connectivity index (χ0n) is 11.6. The third kappa shape index (κ3) is 5.92. The number of ether oxygens (including phenoxy) is 2. The van der Waals surface area contributed by atoms with Gasteiger partial charge in [-0.1, -0.05) is 31.9 Å². The first-order chi connectivity index (χ1) is 8.88. The van der Waals surface area contributed by atoms with Gasteiger partial charge in [0.2, 0.25) is 0 Å². The predicted molar refractivity (Wildman–Crippen MR) is 75.5 cm³/mol. The Balaban J connectivity index is 2.07. The van der Waals surface area contributed by atoms with E-state index in [1.807, 2.05) is 24.3 Å². The molecule has 0 atom stereocenters. The van der Waals surface area contributed by atoms with Gasteiger partial charge in [0, 0.05) is 0 Å². The average Bonchev–Trinajstić information content (AvgIpc) is 2.42. The minimum absolute atomic E-state index is 0.765. The third-order valence-corrected chi connectivity index (χ3v) is 2.82. The molecule has 0 aliphatic rings. The zero-order valence-corrected chi connectivity index (χ0v) is 11.6. The second-order valence-corrected chi connectivity index (χ2v) is 4.27. The first-order valence-electron chi connectivity index (χ1n) is 6.85. The fourth-order valence-electron chi connectivity index (χ4n) is 1.80. The van der Waals surface area contributed by atoms with Crippen LogP contribution in [-0.4, -0.2) is 26.8 Å². The molecular weight excluding hydrogens is 226 g/mol. The van der Waals surface area contributed by atoms with Gasteiger partial charge in [0.1, 0.15) is 0 Å². The third-order valence-electron chi connectivity index (χ3n) is 2.82. The average molecular weight is 251 g/mol. The largest absolute Gasteiger partial charge is 0.493 e.